The van der Waals surface area contributed by atoms with Gasteiger partial charge in [-0.3, -0.25) is 9.80 Å². The molecule has 2 saturated heterocycles. The summed E-state index contributed by atoms with van der Waals surface area (Å²) in [6, 6.07) is 0.706. The average Bonchev–Trinajstić information content (AvgIpc) is 2.49. The fourth-order valence-corrected chi connectivity index (χ4v) is 3.52. The Morgan fingerprint density at radius 1 is 0.864 bits per heavy atom. The first-order chi connectivity index (χ1) is 10.5. The number of hydrogen-bond donors (Lipinski definition) is 0. The van der Waals surface area contributed by atoms with Crippen molar-refractivity contribution in [3.05, 3.63) is 0 Å². The van der Waals surface area contributed by atoms with E-state index in [0.717, 1.165) is 12.5 Å². The van der Waals surface area contributed by atoms with Crippen LogP contribution in [0.3, 0.4) is 0 Å². The van der Waals surface area contributed by atoms with Crippen molar-refractivity contribution in [2.45, 2.75) is 46.6 Å². The van der Waals surface area contributed by atoms with Crippen LogP contribution in [0.15, 0.2) is 0 Å². The second-order valence-corrected chi connectivity index (χ2v) is 7.63. The first-order valence-electron chi connectivity index (χ1n) is 9.21. The van der Waals surface area contributed by atoms with Gasteiger partial charge >= 0.3 is 0 Å². The number of hydrogen-bond acceptors (Lipinski definition) is 3. The van der Waals surface area contributed by atoms with Crippen molar-refractivity contribution in [3.63, 3.8) is 0 Å². The van der Waals surface area contributed by atoms with E-state index in [9.17, 15) is 0 Å². The van der Waals surface area contributed by atoms with E-state index in [1.807, 2.05) is 0 Å². The lowest BCUT2D eigenvalue weighted by molar-refractivity contribution is 0.0829. The van der Waals surface area contributed by atoms with E-state index in [2.05, 4.69) is 54.2 Å². The predicted octanol–water partition coefficient (Wildman–Crippen LogP) is 2.38. The smallest absolute Gasteiger partial charge is 0.0601 e. The molecule has 0 N–H and O–H groups in total. The van der Waals surface area contributed by atoms with Gasteiger partial charge in [-0.1, -0.05) is 25.7 Å². The molecule has 2 heterocycles. The van der Waals surface area contributed by atoms with Gasteiger partial charge in [-0.2, -0.15) is 0 Å². The number of piperidine rings is 1. The van der Waals surface area contributed by atoms with E-state index in [1.54, 1.807) is 0 Å². The van der Waals surface area contributed by atoms with Crippen LogP contribution in [-0.4, -0.2) is 73.1 Å². The molecule has 0 aromatic heterocycles. The molecule has 3 nitrogen and oxygen atoms in total. The van der Waals surface area contributed by atoms with Crippen molar-refractivity contribution in [2.24, 2.45) is 11.8 Å². The second kappa shape index (κ2) is 8.91. The lowest BCUT2D eigenvalue weighted by Gasteiger charge is -2.39. The van der Waals surface area contributed by atoms with Crippen LogP contribution in [0.1, 0.15) is 40.5 Å². The van der Waals surface area contributed by atoms with Gasteiger partial charge in [-0.25, -0.2) is 0 Å². The zero-order valence-electron chi connectivity index (χ0n) is 15.1. The standard InChI is InChI=1S/C19H35N3/c1-17(2)6-5-9-20-10-7-19(8-11-20)16-21-12-14-22(15-13-21)18(3)4/h17-19H,7-16H2,1-4H3. The molecule has 3 heteroatoms. The molecule has 0 radical (unpaired) electrons. The lowest BCUT2D eigenvalue weighted by atomic mass is 9.96. The SMILES string of the molecule is CC(C)C#CCN1CCC(CN2CCN(C(C)C)CC2)CC1. The molecule has 0 spiro atoms. The summed E-state index contributed by atoms with van der Waals surface area (Å²) < 4.78 is 0. The summed E-state index contributed by atoms with van der Waals surface area (Å²) >= 11 is 0. The van der Waals surface area contributed by atoms with Crippen LogP contribution in [0, 0.1) is 23.7 Å². The zero-order valence-corrected chi connectivity index (χ0v) is 15.1. The number of rotatable bonds is 4. The minimum Gasteiger partial charge on any atom is -0.301 e. The fraction of sp³-hybridized carbons (Fsp3) is 0.895. The molecule has 2 aliphatic rings. The highest BCUT2D eigenvalue weighted by Crippen LogP contribution is 2.19. The molecule has 0 bridgehead atoms. The van der Waals surface area contributed by atoms with E-state index in [4.69, 9.17) is 0 Å². The van der Waals surface area contributed by atoms with Crippen LogP contribution < -0.4 is 0 Å². The van der Waals surface area contributed by atoms with Gasteiger partial charge in [0.25, 0.3) is 0 Å². The summed E-state index contributed by atoms with van der Waals surface area (Å²) in [5.41, 5.74) is 0. The maximum absolute atomic E-state index is 3.33. The van der Waals surface area contributed by atoms with Crippen molar-refractivity contribution < 1.29 is 0 Å². The molecule has 0 saturated carbocycles. The quantitative estimate of drug-likeness (QED) is 0.739. The van der Waals surface area contributed by atoms with Crippen molar-refractivity contribution in [2.75, 3.05) is 52.4 Å². The summed E-state index contributed by atoms with van der Waals surface area (Å²) in [4.78, 5) is 7.83. The molecule has 126 valence electrons. The second-order valence-electron chi connectivity index (χ2n) is 7.63. The van der Waals surface area contributed by atoms with Crippen LogP contribution in [0.2, 0.25) is 0 Å². The molecular weight excluding hydrogens is 270 g/mol. The Hall–Kier alpha value is -0.560. The van der Waals surface area contributed by atoms with Crippen LogP contribution in [0.25, 0.3) is 0 Å². The first-order valence-corrected chi connectivity index (χ1v) is 9.21. The maximum atomic E-state index is 3.33. The van der Waals surface area contributed by atoms with Crippen LogP contribution in [0.4, 0.5) is 0 Å². The van der Waals surface area contributed by atoms with Gasteiger partial charge in [0.1, 0.15) is 0 Å². The highest BCUT2D eigenvalue weighted by molar-refractivity contribution is 5.03. The molecule has 0 amide bonds. The Labute approximate surface area is 138 Å². The van der Waals surface area contributed by atoms with Crippen LogP contribution in [0.5, 0.6) is 0 Å². The molecule has 2 rings (SSSR count). The van der Waals surface area contributed by atoms with Crippen molar-refractivity contribution in [1.82, 2.24) is 14.7 Å². The Morgan fingerprint density at radius 2 is 1.50 bits per heavy atom. The summed E-state index contributed by atoms with van der Waals surface area (Å²) in [5, 5.41) is 0. The number of piperazine rings is 1. The third-order valence-electron chi connectivity index (χ3n) is 5.05. The van der Waals surface area contributed by atoms with E-state index < -0.39 is 0 Å². The monoisotopic (exact) mass is 305 g/mol. The van der Waals surface area contributed by atoms with Gasteiger partial charge < -0.3 is 4.90 Å². The molecule has 2 fully saturated rings. The Morgan fingerprint density at radius 3 is 2.05 bits per heavy atom. The Balaban J connectivity index is 1.63. The van der Waals surface area contributed by atoms with Gasteiger partial charge in [0.15, 0.2) is 0 Å². The summed E-state index contributed by atoms with van der Waals surface area (Å²) in [5.74, 6) is 8.01. The zero-order chi connectivity index (χ0) is 15.9. The van der Waals surface area contributed by atoms with Gasteiger partial charge in [0.05, 0.1) is 6.54 Å². The molecule has 0 aromatic carbocycles. The summed E-state index contributed by atoms with van der Waals surface area (Å²) in [6.07, 6.45) is 2.71. The third kappa shape index (κ3) is 5.91. The number of nitrogens with zero attached hydrogens (tertiary/aromatic N) is 3. The third-order valence-corrected chi connectivity index (χ3v) is 5.05. The predicted molar refractivity (Wildman–Crippen MR) is 94.9 cm³/mol. The Kier molecular flexibility index (Phi) is 7.21. The first kappa shape index (κ1) is 17.8. The van der Waals surface area contributed by atoms with Gasteiger partial charge in [-0.15, -0.1) is 0 Å². The minimum atomic E-state index is 0.502. The largest absolute Gasteiger partial charge is 0.301 e. The topological polar surface area (TPSA) is 9.72 Å². The minimum absolute atomic E-state index is 0.502. The molecule has 0 aromatic rings. The normalized spacial score (nSPS) is 23.0. The van der Waals surface area contributed by atoms with Crippen molar-refractivity contribution in [1.29, 1.82) is 0 Å². The van der Waals surface area contributed by atoms with Crippen LogP contribution in [-0.2, 0) is 0 Å². The molecule has 22 heavy (non-hydrogen) atoms. The van der Waals surface area contributed by atoms with Gasteiger partial charge in [0, 0.05) is 44.7 Å². The lowest BCUT2D eigenvalue weighted by Crippen LogP contribution is -2.50. The van der Waals surface area contributed by atoms with Gasteiger partial charge in [0.2, 0.25) is 0 Å². The summed E-state index contributed by atoms with van der Waals surface area (Å²) in [6.45, 7) is 18.7. The van der Waals surface area contributed by atoms with Gasteiger partial charge in [-0.05, 0) is 45.7 Å². The molecule has 0 atom stereocenters. The average molecular weight is 306 g/mol. The molecular formula is C19H35N3. The van der Waals surface area contributed by atoms with E-state index >= 15 is 0 Å². The fourth-order valence-electron chi connectivity index (χ4n) is 3.52. The van der Waals surface area contributed by atoms with Crippen LogP contribution >= 0.6 is 0 Å². The highest BCUT2D eigenvalue weighted by atomic mass is 15.3. The molecule has 0 unspecified atom stereocenters. The highest BCUT2D eigenvalue weighted by Gasteiger charge is 2.24. The number of likely N-dealkylation sites (tertiary alicyclic amines) is 1. The Bertz CT molecular complexity index is 364. The van der Waals surface area contributed by atoms with E-state index in [1.165, 1.54) is 58.7 Å². The van der Waals surface area contributed by atoms with Crippen molar-refractivity contribution >= 4 is 0 Å². The molecule has 2 aliphatic heterocycles. The maximum Gasteiger partial charge on any atom is 0.0601 e. The van der Waals surface area contributed by atoms with E-state index in [0.29, 0.717) is 12.0 Å². The van der Waals surface area contributed by atoms with Crippen molar-refractivity contribution in [3.8, 4) is 11.8 Å². The summed E-state index contributed by atoms with van der Waals surface area (Å²) in [7, 11) is 0. The molecule has 0 aliphatic carbocycles. The van der Waals surface area contributed by atoms with E-state index in [-0.39, 0.29) is 0 Å².